The van der Waals surface area contributed by atoms with Crippen LogP contribution in [0.2, 0.25) is 0 Å². The number of nitrogens with one attached hydrogen (secondary N) is 1. The fraction of sp³-hybridized carbons (Fsp3) is 0.286. The Morgan fingerprint density at radius 1 is 1.50 bits per heavy atom. The molecule has 4 heteroatoms. The molecule has 0 saturated carbocycles. The molecule has 1 aromatic rings. The molecule has 0 unspecified atom stereocenters. The molecule has 0 atom stereocenters. The first-order valence-electron chi connectivity index (χ1n) is 5.52. The predicted molar refractivity (Wildman–Crippen MR) is 65.9 cm³/mol. The highest BCUT2D eigenvalue weighted by atomic mass is 19.1. The van der Waals surface area contributed by atoms with E-state index < -0.39 is 5.82 Å². The lowest BCUT2D eigenvalue weighted by Crippen LogP contribution is -2.20. The summed E-state index contributed by atoms with van der Waals surface area (Å²) in [5, 5.41) is 11.1. The lowest BCUT2D eigenvalue weighted by atomic mass is 10.1. The second kappa shape index (κ2) is 7.09. The van der Waals surface area contributed by atoms with Gasteiger partial charge < -0.3 is 5.32 Å². The van der Waals surface area contributed by atoms with Crippen LogP contribution in [0.5, 0.6) is 0 Å². The van der Waals surface area contributed by atoms with Gasteiger partial charge in [0.15, 0.2) is 0 Å². The first-order valence-corrected chi connectivity index (χ1v) is 5.52. The molecule has 1 aromatic carbocycles. The largest absolute Gasteiger partial charge is 0.355 e. The van der Waals surface area contributed by atoms with Crippen molar-refractivity contribution in [3.8, 4) is 17.9 Å². The van der Waals surface area contributed by atoms with Crippen LogP contribution < -0.4 is 5.32 Å². The minimum absolute atomic E-state index is 0.0576. The smallest absolute Gasteiger partial charge is 0.216 e. The van der Waals surface area contributed by atoms with Crippen molar-refractivity contribution in [3.63, 3.8) is 0 Å². The van der Waals surface area contributed by atoms with Crippen molar-refractivity contribution < 1.29 is 9.18 Å². The molecule has 0 radical (unpaired) electrons. The average molecular weight is 244 g/mol. The fourth-order valence-electron chi connectivity index (χ4n) is 1.32. The summed E-state index contributed by atoms with van der Waals surface area (Å²) in [4.78, 5) is 10.6. The van der Waals surface area contributed by atoms with Crippen molar-refractivity contribution in [1.82, 2.24) is 5.32 Å². The highest BCUT2D eigenvalue weighted by molar-refractivity contribution is 5.72. The zero-order chi connectivity index (χ0) is 13.4. The average Bonchev–Trinajstić information content (AvgIpc) is 2.32. The predicted octanol–water partition coefficient (Wildman–Crippen LogP) is 1.77. The minimum atomic E-state index is -0.412. The molecule has 1 N–H and O–H groups in total. The number of nitriles is 1. The molecule has 0 aromatic heterocycles. The second-order valence-corrected chi connectivity index (χ2v) is 3.68. The maximum atomic E-state index is 13.4. The molecule has 1 amide bonds. The number of hydrogen-bond donors (Lipinski definition) is 1. The summed E-state index contributed by atoms with van der Waals surface area (Å²) < 4.78 is 13.4. The number of nitrogens with zero attached hydrogens (tertiary/aromatic N) is 1. The number of rotatable bonds is 3. The van der Waals surface area contributed by atoms with Gasteiger partial charge in [-0.1, -0.05) is 17.9 Å². The summed E-state index contributed by atoms with van der Waals surface area (Å²) in [6.45, 7) is 1.92. The molecule has 0 fully saturated rings. The molecule has 3 nitrogen and oxygen atoms in total. The van der Waals surface area contributed by atoms with Gasteiger partial charge in [0.2, 0.25) is 5.91 Å². The van der Waals surface area contributed by atoms with Gasteiger partial charge in [0.1, 0.15) is 5.82 Å². The van der Waals surface area contributed by atoms with Crippen LogP contribution in [0.1, 0.15) is 24.5 Å². The van der Waals surface area contributed by atoms with Gasteiger partial charge in [0.25, 0.3) is 0 Å². The van der Waals surface area contributed by atoms with E-state index in [9.17, 15) is 9.18 Å². The Kier molecular flexibility index (Phi) is 5.41. The summed E-state index contributed by atoms with van der Waals surface area (Å²) in [5.74, 6) is 5.14. The molecular weight excluding hydrogens is 231 g/mol. The van der Waals surface area contributed by atoms with E-state index in [-0.39, 0.29) is 12.3 Å². The number of hydrogen-bond acceptors (Lipinski definition) is 2. The van der Waals surface area contributed by atoms with Crippen molar-refractivity contribution in [3.05, 3.63) is 35.1 Å². The highest BCUT2D eigenvalue weighted by Crippen LogP contribution is 2.10. The Morgan fingerprint density at radius 3 is 2.89 bits per heavy atom. The SMILES string of the molecule is CC(=O)NCCC#Cc1ccc(CC#N)c(F)c1. The lowest BCUT2D eigenvalue weighted by molar-refractivity contribution is -0.118. The van der Waals surface area contributed by atoms with Crippen molar-refractivity contribution in [1.29, 1.82) is 5.26 Å². The number of carbonyl (C=O) groups excluding carboxylic acids is 1. The zero-order valence-corrected chi connectivity index (χ0v) is 10.1. The third-order valence-electron chi connectivity index (χ3n) is 2.18. The van der Waals surface area contributed by atoms with Crippen LogP contribution in [0.4, 0.5) is 4.39 Å². The molecule has 0 heterocycles. The first kappa shape index (κ1) is 13.7. The van der Waals surface area contributed by atoms with E-state index in [2.05, 4.69) is 17.2 Å². The maximum Gasteiger partial charge on any atom is 0.216 e. The van der Waals surface area contributed by atoms with Gasteiger partial charge in [0, 0.05) is 31.0 Å². The standard InChI is InChI=1S/C14H13FN2O/c1-11(18)17-9-3-2-4-12-5-6-13(7-8-16)14(15)10-12/h5-6,10H,3,7,9H2,1H3,(H,17,18). The van der Waals surface area contributed by atoms with Gasteiger partial charge in [-0.05, 0) is 12.1 Å². The van der Waals surface area contributed by atoms with Crippen LogP contribution in [-0.4, -0.2) is 12.5 Å². The summed E-state index contributed by atoms with van der Waals surface area (Å²) in [7, 11) is 0. The zero-order valence-electron chi connectivity index (χ0n) is 10.1. The second-order valence-electron chi connectivity index (χ2n) is 3.68. The van der Waals surface area contributed by atoms with Crippen molar-refractivity contribution in [2.45, 2.75) is 19.8 Å². The summed E-state index contributed by atoms with van der Waals surface area (Å²) in [6, 6.07) is 6.46. The quantitative estimate of drug-likeness (QED) is 0.650. The topological polar surface area (TPSA) is 52.9 Å². The van der Waals surface area contributed by atoms with Crippen molar-refractivity contribution >= 4 is 5.91 Å². The molecule has 0 aliphatic rings. The van der Waals surface area contributed by atoms with Crippen LogP contribution in [0.25, 0.3) is 0 Å². The molecular formula is C14H13FN2O. The Bertz CT molecular complexity index is 535. The number of carbonyl (C=O) groups is 1. The molecule has 92 valence electrons. The van der Waals surface area contributed by atoms with Crippen molar-refractivity contribution in [2.75, 3.05) is 6.54 Å². The van der Waals surface area contributed by atoms with E-state index in [0.29, 0.717) is 24.1 Å². The monoisotopic (exact) mass is 244 g/mol. The van der Waals surface area contributed by atoms with Crippen LogP contribution in [0.3, 0.4) is 0 Å². The van der Waals surface area contributed by atoms with Gasteiger partial charge in [-0.25, -0.2) is 4.39 Å². The van der Waals surface area contributed by atoms with Crippen LogP contribution >= 0.6 is 0 Å². The van der Waals surface area contributed by atoms with Crippen LogP contribution in [0, 0.1) is 29.0 Å². The molecule has 0 saturated heterocycles. The summed E-state index contributed by atoms with van der Waals surface area (Å²) in [5.41, 5.74) is 0.943. The third-order valence-corrected chi connectivity index (χ3v) is 2.18. The Morgan fingerprint density at radius 2 is 2.28 bits per heavy atom. The molecule has 0 aliphatic heterocycles. The molecule has 0 aliphatic carbocycles. The number of amides is 1. The van der Waals surface area contributed by atoms with E-state index in [4.69, 9.17) is 5.26 Å². The molecule has 1 rings (SSSR count). The Labute approximate surface area is 106 Å². The van der Waals surface area contributed by atoms with E-state index in [1.54, 1.807) is 12.1 Å². The van der Waals surface area contributed by atoms with E-state index >= 15 is 0 Å². The number of halogens is 1. The van der Waals surface area contributed by atoms with E-state index in [1.807, 2.05) is 6.07 Å². The van der Waals surface area contributed by atoms with Gasteiger partial charge in [-0.3, -0.25) is 4.79 Å². The van der Waals surface area contributed by atoms with Crippen molar-refractivity contribution in [2.24, 2.45) is 0 Å². The van der Waals surface area contributed by atoms with Gasteiger partial charge in [-0.2, -0.15) is 5.26 Å². The Hall–Kier alpha value is -2.33. The van der Waals surface area contributed by atoms with Crippen LogP contribution in [0.15, 0.2) is 18.2 Å². The normalized spacial score (nSPS) is 8.94. The number of benzene rings is 1. The summed E-state index contributed by atoms with van der Waals surface area (Å²) in [6.07, 6.45) is 0.573. The van der Waals surface area contributed by atoms with E-state index in [0.717, 1.165) is 0 Å². The van der Waals surface area contributed by atoms with Crippen LogP contribution in [-0.2, 0) is 11.2 Å². The molecule has 18 heavy (non-hydrogen) atoms. The Balaban J connectivity index is 2.58. The van der Waals surface area contributed by atoms with E-state index in [1.165, 1.54) is 13.0 Å². The van der Waals surface area contributed by atoms with Gasteiger partial charge >= 0.3 is 0 Å². The maximum absolute atomic E-state index is 13.4. The molecule has 0 spiro atoms. The third kappa shape index (κ3) is 4.67. The minimum Gasteiger partial charge on any atom is -0.355 e. The highest BCUT2D eigenvalue weighted by Gasteiger charge is 2.01. The summed E-state index contributed by atoms with van der Waals surface area (Å²) >= 11 is 0. The molecule has 0 bridgehead atoms. The van der Waals surface area contributed by atoms with Gasteiger partial charge in [0.05, 0.1) is 12.5 Å². The fourth-order valence-corrected chi connectivity index (χ4v) is 1.32. The lowest BCUT2D eigenvalue weighted by Gasteiger charge is -1.98. The first-order chi connectivity index (χ1) is 8.63. The van der Waals surface area contributed by atoms with Gasteiger partial charge in [-0.15, -0.1) is 0 Å².